The Morgan fingerprint density at radius 3 is 2.41 bits per heavy atom. The second kappa shape index (κ2) is 3.98. The molecule has 3 heteroatoms. The number of fused-ring (bicyclic) bond motifs is 2. The molecule has 2 bridgehead atoms. The highest BCUT2D eigenvalue weighted by Gasteiger charge is 2.62. The van der Waals surface area contributed by atoms with Crippen LogP contribution in [-0.2, 0) is 9.53 Å². The highest BCUT2D eigenvalue weighted by Crippen LogP contribution is 2.66. The number of esters is 1. The molecule has 0 unspecified atom stereocenters. The first-order valence-electron chi connectivity index (χ1n) is 6.61. The molecule has 0 saturated heterocycles. The fourth-order valence-corrected chi connectivity index (χ4v) is 3.76. The number of ether oxygens (including phenoxy) is 1. The van der Waals surface area contributed by atoms with Gasteiger partial charge in [-0.2, -0.15) is 0 Å². The summed E-state index contributed by atoms with van der Waals surface area (Å²) in [5, 5.41) is 0. The zero-order valence-electron chi connectivity index (χ0n) is 11.7. The smallest absolute Gasteiger partial charge is 0.320 e. The quantitative estimate of drug-likeness (QED) is 0.708. The maximum absolute atomic E-state index is 11.8. The van der Waals surface area contributed by atoms with E-state index in [0.29, 0.717) is 12.0 Å². The summed E-state index contributed by atoms with van der Waals surface area (Å²) in [5.74, 6) is 0.647. The van der Waals surface area contributed by atoms with Crippen LogP contribution in [0.1, 0.15) is 40.0 Å². The molecule has 3 atom stereocenters. The first-order chi connectivity index (χ1) is 7.77. The minimum atomic E-state index is -0.0791. The molecule has 2 aliphatic rings. The highest BCUT2D eigenvalue weighted by molar-refractivity contribution is 5.72. The lowest BCUT2D eigenvalue weighted by molar-refractivity contribution is -0.157. The van der Waals surface area contributed by atoms with E-state index < -0.39 is 0 Å². The first kappa shape index (κ1) is 12.9. The van der Waals surface area contributed by atoms with Crippen LogP contribution in [-0.4, -0.2) is 37.6 Å². The molecule has 17 heavy (non-hydrogen) atoms. The number of hydrogen-bond donors (Lipinski definition) is 0. The van der Waals surface area contributed by atoms with Gasteiger partial charge in [-0.1, -0.05) is 20.8 Å². The zero-order valence-corrected chi connectivity index (χ0v) is 11.7. The summed E-state index contributed by atoms with van der Waals surface area (Å²) in [6.07, 6.45) is 3.68. The number of rotatable bonds is 3. The topological polar surface area (TPSA) is 29.5 Å². The number of nitrogens with zero attached hydrogens (tertiary/aromatic N) is 1. The van der Waals surface area contributed by atoms with E-state index in [1.807, 2.05) is 19.0 Å². The lowest BCUT2D eigenvalue weighted by Crippen LogP contribution is -2.39. The van der Waals surface area contributed by atoms with Crippen LogP contribution >= 0.6 is 0 Å². The van der Waals surface area contributed by atoms with Crippen LogP contribution in [0.15, 0.2) is 0 Å². The summed E-state index contributed by atoms with van der Waals surface area (Å²) in [7, 11) is 3.79. The van der Waals surface area contributed by atoms with Crippen LogP contribution in [0.4, 0.5) is 0 Å². The van der Waals surface area contributed by atoms with Gasteiger partial charge in [0.15, 0.2) is 0 Å². The van der Waals surface area contributed by atoms with Crippen molar-refractivity contribution in [1.82, 2.24) is 4.90 Å². The van der Waals surface area contributed by atoms with E-state index in [1.165, 1.54) is 12.8 Å². The Kier molecular flexibility index (Phi) is 3.01. The van der Waals surface area contributed by atoms with Gasteiger partial charge in [-0.05, 0) is 44.7 Å². The van der Waals surface area contributed by atoms with E-state index in [-0.39, 0.29) is 17.5 Å². The highest BCUT2D eigenvalue weighted by atomic mass is 16.5. The molecule has 2 aliphatic carbocycles. The molecule has 98 valence electrons. The molecular weight excluding hydrogens is 214 g/mol. The molecule has 3 nitrogen and oxygen atoms in total. The summed E-state index contributed by atoms with van der Waals surface area (Å²) in [6, 6.07) is 0. The predicted octanol–water partition coefficient (Wildman–Crippen LogP) is 2.31. The van der Waals surface area contributed by atoms with Crippen LogP contribution in [0, 0.1) is 16.7 Å². The number of likely N-dealkylation sites (N-methyl/N-ethyl adjacent to an activating group) is 1. The van der Waals surface area contributed by atoms with Crippen molar-refractivity contribution in [2.75, 3.05) is 20.6 Å². The molecule has 2 rings (SSSR count). The van der Waals surface area contributed by atoms with Gasteiger partial charge in [0.25, 0.3) is 0 Å². The monoisotopic (exact) mass is 239 g/mol. The van der Waals surface area contributed by atoms with Crippen molar-refractivity contribution in [2.24, 2.45) is 16.7 Å². The van der Waals surface area contributed by atoms with Gasteiger partial charge in [0.2, 0.25) is 0 Å². The van der Waals surface area contributed by atoms with Crippen molar-refractivity contribution in [3.63, 3.8) is 0 Å². The Bertz CT molecular complexity index is 324. The first-order valence-corrected chi connectivity index (χ1v) is 6.61. The standard InChI is InChI=1S/C14H25NO2/c1-13(2)10-6-7-14(13,3)11(8-10)17-12(16)9-15(4)5/h10-11H,6-9H2,1-5H3/t10-,11+,14+/m0/s1. The van der Waals surface area contributed by atoms with Crippen molar-refractivity contribution in [3.05, 3.63) is 0 Å². The summed E-state index contributed by atoms with van der Waals surface area (Å²) < 4.78 is 5.71. The van der Waals surface area contributed by atoms with Crippen LogP contribution < -0.4 is 0 Å². The second-order valence-electron chi connectivity index (χ2n) is 6.83. The van der Waals surface area contributed by atoms with Crippen molar-refractivity contribution >= 4 is 5.97 Å². The fraction of sp³-hybridized carbons (Fsp3) is 0.929. The molecule has 0 aromatic carbocycles. The lowest BCUT2D eigenvalue weighted by Gasteiger charge is -2.38. The van der Waals surface area contributed by atoms with Crippen molar-refractivity contribution in [1.29, 1.82) is 0 Å². The summed E-state index contributed by atoms with van der Waals surface area (Å²) in [6.45, 7) is 7.36. The lowest BCUT2D eigenvalue weighted by atomic mass is 9.70. The van der Waals surface area contributed by atoms with Crippen molar-refractivity contribution < 1.29 is 9.53 Å². The predicted molar refractivity (Wildman–Crippen MR) is 67.7 cm³/mol. The zero-order chi connectivity index (χ0) is 12.8. The van der Waals surface area contributed by atoms with E-state index in [2.05, 4.69) is 20.8 Å². The third-order valence-electron chi connectivity index (χ3n) is 5.43. The average Bonchev–Trinajstić information content (AvgIpc) is 2.49. The van der Waals surface area contributed by atoms with E-state index in [4.69, 9.17) is 4.74 Å². The molecule has 0 amide bonds. The van der Waals surface area contributed by atoms with Gasteiger partial charge in [-0.25, -0.2) is 0 Å². The Balaban J connectivity index is 2.03. The third kappa shape index (κ3) is 1.88. The fourth-order valence-electron chi connectivity index (χ4n) is 3.76. The molecule has 0 aliphatic heterocycles. The maximum Gasteiger partial charge on any atom is 0.320 e. The third-order valence-corrected chi connectivity index (χ3v) is 5.43. The summed E-state index contributed by atoms with van der Waals surface area (Å²) in [5.41, 5.74) is 0.496. The van der Waals surface area contributed by atoms with Gasteiger partial charge in [0.05, 0.1) is 6.54 Å². The van der Waals surface area contributed by atoms with Gasteiger partial charge >= 0.3 is 5.97 Å². The minimum Gasteiger partial charge on any atom is -0.461 e. The number of carbonyl (C=O) groups is 1. The largest absolute Gasteiger partial charge is 0.461 e. The molecular formula is C14H25NO2. The Labute approximate surface area is 105 Å². The second-order valence-corrected chi connectivity index (χ2v) is 6.83. The SMILES string of the molecule is CN(C)CC(=O)O[C@@H]1C[C@@H]2CC[C@@]1(C)C2(C)C. The Morgan fingerprint density at radius 2 is 2.00 bits per heavy atom. The molecule has 2 fully saturated rings. The number of hydrogen-bond acceptors (Lipinski definition) is 3. The maximum atomic E-state index is 11.8. The van der Waals surface area contributed by atoms with Crippen molar-refractivity contribution in [3.8, 4) is 0 Å². The van der Waals surface area contributed by atoms with Crippen LogP contribution in [0.25, 0.3) is 0 Å². The summed E-state index contributed by atoms with van der Waals surface area (Å²) in [4.78, 5) is 13.6. The summed E-state index contributed by atoms with van der Waals surface area (Å²) >= 11 is 0. The normalized spacial score (nSPS) is 38.7. The van der Waals surface area contributed by atoms with Gasteiger partial charge < -0.3 is 4.74 Å². The molecule has 0 N–H and O–H groups in total. The molecule has 0 heterocycles. The Hall–Kier alpha value is -0.570. The van der Waals surface area contributed by atoms with Crippen LogP contribution in [0.2, 0.25) is 0 Å². The van der Waals surface area contributed by atoms with Crippen LogP contribution in [0.5, 0.6) is 0 Å². The van der Waals surface area contributed by atoms with E-state index in [1.54, 1.807) is 0 Å². The Morgan fingerprint density at radius 1 is 1.35 bits per heavy atom. The van der Waals surface area contributed by atoms with E-state index >= 15 is 0 Å². The molecule has 0 spiro atoms. The van der Waals surface area contributed by atoms with Gasteiger partial charge in [0, 0.05) is 5.41 Å². The van der Waals surface area contributed by atoms with Gasteiger partial charge in [-0.3, -0.25) is 9.69 Å². The van der Waals surface area contributed by atoms with E-state index in [9.17, 15) is 4.79 Å². The van der Waals surface area contributed by atoms with Crippen molar-refractivity contribution in [2.45, 2.75) is 46.1 Å². The molecule has 0 aromatic heterocycles. The number of carbonyl (C=O) groups excluding carboxylic acids is 1. The molecule has 0 radical (unpaired) electrons. The minimum absolute atomic E-state index is 0.0791. The molecule has 2 saturated carbocycles. The van der Waals surface area contributed by atoms with Crippen LogP contribution in [0.3, 0.4) is 0 Å². The average molecular weight is 239 g/mol. The van der Waals surface area contributed by atoms with Gasteiger partial charge in [0.1, 0.15) is 6.10 Å². The van der Waals surface area contributed by atoms with E-state index in [0.717, 1.165) is 12.3 Å². The van der Waals surface area contributed by atoms with Gasteiger partial charge in [-0.15, -0.1) is 0 Å². The molecule has 0 aromatic rings.